The Balaban J connectivity index is 2.18. The molecule has 0 bridgehead atoms. The van der Waals surface area contributed by atoms with Crippen LogP contribution in [-0.2, 0) is 17.4 Å². The number of hydrogen-bond acceptors (Lipinski definition) is 4. The third-order valence-electron chi connectivity index (χ3n) is 3.08. The van der Waals surface area contributed by atoms with Gasteiger partial charge in [0.05, 0.1) is 17.7 Å². The molecule has 8 heteroatoms. The van der Waals surface area contributed by atoms with Gasteiger partial charge in [0.25, 0.3) is 0 Å². The first kappa shape index (κ1) is 13.3. The molecule has 1 aliphatic heterocycles. The van der Waals surface area contributed by atoms with Gasteiger partial charge in [0.2, 0.25) is 5.91 Å². The molecule has 0 atom stereocenters. The van der Waals surface area contributed by atoms with Crippen LogP contribution in [0.15, 0.2) is 24.3 Å². The zero-order valence-electron chi connectivity index (χ0n) is 10.5. The molecule has 1 aromatic carbocycles. The van der Waals surface area contributed by atoms with Gasteiger partial charge < -0.3 is 11.1 Å². The maximum atomic E-state index is 13.0. The van der Waals surface area contributed by atoms with Gasteiger partial charge in [0.1, 0.15) is 5.69 Å². The number of carbonyl (C=O) groups is 1. The number of hydrogen-bond donors (Lipinski definition) is 2. The second-order valence-electron chi connectivity index (χ2n) is 4.52. The van der Waals surface area contributed by atoms with Crippen molar-refractivity contribution in [2.75, 3.05) is 11.1 Å². The summed E-state index contributed by atoms with van der Waals surface area (Å²) in [4.78, 5) is 19.2. The summed E-state index contributed by atoms with van der Waals surface area (Å²) in [5, 5.41) is 2.48. The van der Waals surface area contributed by atoms with Crippen LogP contribution in [0.4, 0.5) is 24.7 Å². The van der Waals surface area contributed by atoms with Crippen molar-refractivity contribution in [2.45, 2.75) is 12.6 Å². The van der Waals surface area contributed by atoms with Crippen LogP contribution >= 0.6 is 0 Å². The molecule has 0 saturated carbocycles. The summed E-state index contributed by atoms with van der Waals surface area (Å²) in [5.41, 5.74) is 5.25. The fourth-order valence-corrected chi connectivity index (χ4v) is 2.17. The van der Waals surface area contributed by atoms with E-state index < -0.39 is 11.7 Å². The molecule has 1 aliphatic rings. The minimum absolute atomic E-state index is 0.0246. The van der Waals surface area contributed by atoms with Gasteiger partial charge in [-0.15, -0.1) is 0 Å². The minimum atomic E-state index is -4.53. The molecule has 108 valence electrons. The van der Waals surface area contributed by atoms with Crippen molar-refractivity contribution in [3.63, 3.8) is 0 Å². The number of nitrogen functional groups attached to an aromatic ring is 1. The zero-order chi connectivity index (χ0) is 15.2. The van der Waals surface area contributed by atoms with Crippen molar-refractivity contribution >= 4 is 17.4 Å². The monoisotopic (exact) mass is 294 g/mol. The Morgan fingerprint density at radius 3 is 2.62 bits per heavy atom. The standard InChI is InChI=1S/C13H9F3N4O/c14-13(15,16)7-4-2-1-3-6(7)12-18-8-5-9(21)19-10(8)11(17)20-12/h1-4H,5H2,(H,19,21)(H2,17,18,20). The smallest absolute Gasteiger partial charge is 0.382 e. The first-order valence-corrected chi connectivity index (χ1v) is 5.99. The van der Waals surface area contributed by atoms with Gasteiger partial charge in [0.15, 0.2) is 11.6 Å². The van der Waals surface area contributed by atoms with Gasteiger partial charge in [-0.25, -0.2) is 9.97 Å². The summed E-state index contributed by atoms with van der Waals surface area (Å²) in [6.07, 6.45) is -4.55. The predicted molar refractivity (Wildman–Crippen MR) is 69.2 cm³/mol. The number of halogens is 3. The molecule has 1 aromatic heterocycles. The van der Waals surface area contributed by atoms with Crippen LogP contribution in [0.1, 0.15) is 11.3 Å². The molecule has 0 unspecified atom stereocenters. The molecule has 0 radical (unpaired) electrons. The lowest BCUT2D eigenvalue weighted by Gasteiger charge is -2.12. The first-order chi connectivity index (χ1) is 9.86. The summed E-state index contributed by atoms with van der Waals surface area (Å²) in [6.45, 7) is 0. The summed E-state index contributed by atoms with van der Waals surface area (Å²) in [6, 6.07) is 4.97. The highest BCUT2D eigenvalue weighted by molar-refractivity contribution is 6.01. The van der Waals surface area contributed by atoms with Crippen LogP contribution in [0.25, 0.3) is 11.4 Å². The van der Waals surface area contributed by atoms with Crippen LogP contribution in [0, 0.1) is 0 Å². The maximum absolute atomic E-state index is 13.0. The number of alkyl halides is 3. The van der Waals surface area contributed by atoms with E-state index >= 15 is 0 Å². The van der Waals surface area contributed by atoms with E-state index in [9.17, 15) is 18.0 Å². The van der Waals surface area contributed by atoms with E-state index in [1.165, 1.54) is 18.2 Å². The zero-order valence-corrected chi connectivity index (χ0v) is 10.5. The number of anilines is 2. The highest BCUT2D eigenvalue weighted by Gasteiger charge is 2.34. The van der Waals surface area contributed by atoms with E-state index in [4.69, 9.17) is 5.73 Å². The number of fused-ring (bicyclic) bond motifs is 1. The Hall–Kier alpha value is -2.64. The molecule has 0 fully saturated rings. The number of nitrogens with zero attached hydrogens (tertiary/aromatic N) is 2. The Bertz CT molecular complexity index is 743. The second-order valence-corrected chi connectivity index (χ2v) is 4.52. The van der Waals surface area contributed by atoms with Crippen LogP contribution in [0.3, 0.4) is 0 Å². The number of carbonyl (C=O) groups excluding carboxylic acids is 1. The Kier molecular flexibility index (Phi) is 2.82. The van der Waals surface area contributed by atoms with Gasteiger partial charge in [0, 0.05) is 5.56 Å². The van der Waals surface area contributed by atoms with Gasteiger partial charge in [-0.3, -0.25) is 4.79 Å². The summed E-state index contributed by atoms with van der Waals surface area (Å²) < 4.78 is 39.1. The van der Waals surface area contributed by atoms with Crippen molar-refractivity contribution in [2.24, 2.45) is 0 Å². The predicted octanol–water partition coefficient (Wildman–Crippen LogP) is 2.24. The molecule has 5 nitrogen and oxygen atoms in total. The highest BCUT2D eigenvalue weighted by atomic mass is 19.4. The first-order valence-electron chi connectivity index (χ1n) is 5.99. The number of nitrogens with two attached hydrogens (primary N) is 1. The Morgan fingerprint density at radius 2 is 1.90 bits per heavy atom. The molecule has 3 N–H and O–H groups in total. The quantitative estimate of drug-likeness (QED) is 0.845. The lowest BCUT2D eigenvalue weighted by Crippen LogP contribution is -2.09. The van der Waals surface area contributed by atoms with Crippen molar-refractivity contribution in [3.05, 3.63) is 35.5 Å². The topological polar surface area (TPSA) is 80.9 Å². The summed E-state index contributed by atoms with van der Waals surface area (Å²) in [5.74, 6) is -0.499. The third-order valence-corrected chi connectivity index (χ3v) is 3.08. The van der Waals surface area contributed by atoms with Crippen LogP contribution in [0.5, 0.6) is 0 Å². The third kappa shape index (κ3) is 2.28. The van der Waals surface area contributed by atoms with Gasteiger partial charge in [-0.2, -0.15) is 13.2 Å². The largest absolute Gasteiger partial charge is 0.417 e. The molecular weight excluding hydrogens is 285 g/mol. The summed E-state index contributed by atoms with van der Waals surface area (Å²) in [7, 11) is 0. The number of aromatic nitrogens is 2. The van der Waals surface area contributed by atoms with Crippen LogP contribution < -0.4 is 11.1 Å². The van der Waals surface area contributed by atoms with Crippen LogP contribution in [-0.4, -0.2) is 15.9 Å². The van der Waals surface area contributed by atoms with Crippen molar-refractivity contribution < 1.29 is 18.0 Å². The van der Waals surface area contributed by atoms with Crippen molar-refractivity contribution in [1.82, 2.24) is 9.97 Å². The molecule has 2 heterocycles. The number of rotatable bonds is 1. The van der Waals surface area contributed by atoms with E-state index in [2.05, 4.69) is 15.3 Å². The summed E-state index contributed by atoms with van der Waals surface area (Å²) >= 11 is 0. The van der Waals surface area contributed by atoms with Crippen molar-refractivity contribution in [1.29, 1.82) is 0 Å². The number of nitrogens with one attached hydrogen (secondary N) is 1. The molecule has 0 aliphatic carbocycles. The molecular formula is C13H9F3N4O. The SMILES string of the molecule is Nc1nc(-c2ccccc2C(F)(F)F)nc2c1NC(=O)C2. The van der Waals surface area contributed by atoms with E-state index in [0.717, 1.165) is 6.07 Å². The van der Waals surface area contributed by atoms with E-state index in [-0.39, 0.29) is 35.2 Å². The van der Waals surface area contributed by atoms with Crippen molar-refractivity contribution in [3.8, 4) is 11.4 Å². The van der Waals surface area contributed by atoms with E-state index in [0.29, 0.717) is 5.69 Å². The molecule has 0 saturated heterocycles. The molecule has 21 heavy (non-hydrogen) atoms. The van der Waals surface area contributed by atoms with Crippen LogP contribution in [0.2, 0.25) is 0 Å². The Morgan fingerprint density at radius 1 is 1.19 bits per heavy atom. The number of amides is 1. The van der Waals surface area contributed by atoms with Gasteiger partial charge >= 0.3 is 6.18 Å². The lowest BCUT2D eigenvalue weighted by atomic mass is 10.1. The fourth-order valence-electron chi connectivity index (χ4n) is 2.17. The number of benzene rings is 1. The normalized spacial score (nSPS) is 14.0. The molecule has 1 amide bonds. The van der Waals surface area contributed by atoms with E-state index in [1.54, 1.807) is 0 Å². The van der Waals surface area contributed by atoms with Gasteiger partial charge in [-0.05, 0) is 6.07 Å². The molecule has 2 aromatic rings. The average molecular weight is 294 g/mol. The second kappa shape index (κ2) is 4.44. The lowest BCUT2D eigenvalue weighted by molar-refractivity contribution is -0.137. The average Bonchev–Trinajstić information content (AvgIpc) is 2.79. The van der Waals surface area contributed by atoms with E-state index in [1.807, 2.05) is 0 Å². The fraction of sp³-hybridized carbons (Fsp3) is 0.154. The van der Waals surface area contributed by atoms with Gasteiger partial charge in [-0.1, -0.05) is 18.2 Å². The highest BCUT2D eigenvalue weighted by Crippen LogP contribution is 2.37. The Labute approximate surface area is 117 Å². The minimum Gasteiger partial charge on any atom is -0.382 e. The maximum Gasteiger partial charge on any atom is 0.417 e. The molecule has 3 rings (SSSR count). The molecule has 0 spiro atoms.